The van der Waals surface area contributed by atoms with Crippen molar-refractivity contribution in [2.24, 2.45) is 0 Å². The first-order valence-corrected chi connectivity index (χ1v) is 4.58. The lowest BCUT2D eigenvalue weighted by molar-refractivity contribution is 0.770. The van der Waals surface area contributed by atoms with Crippen molar-refractivity contribution in [3.63, 3.8) is 0 Å². The molecule has 0 radical (unpaired) electrons. The highest BCUT2D eigenvalue weighted by molar-refractivity contribution is 5.22. The van der Waals surface area contributed by atoms with Gasteiger partial charge in [-0.3, -0.25) is 0 Å². The fourth-order valence-corrected chi connectivity index (χ4v) is 1.17. The predicted molar refractivity (Wildman–Crippen MR) is 56.4 cm³/mol. The molecule has 0 spiro atoms. The van der Waals surface area contributed by atoms with Crippen LogP contribution in [0.5, 0.6) is 0 Å². The Morgan fingerprint density at radius 2 is 1.85 bits per heavy atom. The second-order valence-electron chi connectivity index (χ2n) is 2.98. The number of hydrogen-bond acceptors (Lipinski definition) is 1. The Balaban J connectivity index is 2.45. The minimum absolute atomic E-state index is 0.634. The summed E-state index contributed by atoms with van der Waals surface area (Å²) in [7, 11) is 0. The van der Waals surface area contributed by atoms with E-state index in [0.717, 1.165) is 13.0 Å². The van der Waals surface area contributed by atoms with Gasteiger partial charge in [-0.1, -0.05) is 37.1 Å². The molecule has 0 unspecified atom stereocenters. The van der Waals surface area contributed by atoms with E-state index in [1.54, 1.807) is 0 Å². The van der Waals surface area contributed by atoms with Gasteiger partial charge in [0.05, 0.1) is 6.54 Å². The Morgan fingerprint density at radius 3 is 2.38 bits per heavy atom. The molecule has 0 saturated heterocycles. The van der Waals surface area contributed by atoms with Crippen molar-refractivity contribution in [3.8, 4) is 12.3 Å². The van der Waals surface area contributed by atoms with Crippen molar-refractivity contribution < 1.29 is 0 Å². The summed E-state index contributed by atoms with van der Waals surface area (Å²) < 4.78 is 0. The molecule has 0 bridgehead atoms. The standard InChI is InChI=1S/C12H15N/c1-3-9-13-10-12-7-5-11(4-2)6-8-12/h1,5-8,13H,4,9-10H2,2H3. The Labute approximate surface area is 80.2 Å². The first-order chi connectivity index (χ1) is 6.36. The van der Waals surface area contributed by atoms with Gasteiger partial charge >= 0.3 is 0 Å². The minimum Gasteiger partial charge on any atom is -0.302 e. The molecule has 0 amide bonds. The predicted octanol–water partition coefficient (Wildman–Crippen LogP) is 1.97. The maximum absolute atomic E-state index is 5.13. The number of aryl methyl sites for hydroxylation is 1. The molecule has 13 heavy (non-hydrogen) atoms. The molecule has 0 aliphatic heterocycles. The molecule has 0 aliphatic rings. The third-order valence-electron chi connectivity index (χ3n) is 1.99. The zero-order chi connectivity index (χ0) is 9.52. The monoisotopic (exact) mass is 173 g/mol. The quantitative estimate of drug-likeness (QED) is 0.542. The molecule has 1 heteroatoms. The second kappa shape index (κ2) is 5.40. The van der Waals surface area contributed by atoms with E-state index >= 15 is 0 Å². The van der Waals surface area contributed by atoms with Crippen LogP contribution in [0.1, 0.15) is 18.1 Å². The van der Waals surface area contributed by atoms with E-state index in [0.29, 0.717) is 6.54 Å². The van der Waals surface area contributed by atoms with Gasteiger partial charge in [-0.2, -0.15) is 0 Å². The topological polar surface area (TPSA) is 12.0 Å². The average molecular weight is 173 g/mol. The van der Waals surface area contributed by atoms with Crippen molar-refractivity contribution in [2.45, 2.75) is 19.9 Å². The van der Waals surface area contributed by atoms with Crippen LogP contribution in [0.4, 0.5) is 0 Å². The Kier molecular flexibility index (Phi) is 4.08. The van der Waals surface area contributed by atoms with Crippen molar-refractivity contribution in [2.75, 3.05) is 6.54 Å². The maximum atomic E-state index is 5.13. The number of terminal acetylenes is 1. The molecule has 0 aliphatic carbocycles. The first-order valence-electron chi connectivity index (χ1n) is 4.58. The molecule has 1 rings (SSSR count). The Morgan fingerprint density at radius 1 is 1.23 bits per heavy atom. The molecule has 1 aromatic carbocycles. The smallest absolute Gasteiger partial charge is 0.0576 e. The summed E-state index contributed by atoms with van der Waals surface area (Å²) in [5.74, 6) is 2.55. The molecule has 0 fully saturated rings. The van der Waals surface area contributed by atoms with Gasteiger partial charge in [0.1, 0.15) is 0 Å². The second-order valence-corrected chi connectivity index (χ2v) is 2.98. The summed E-state index contributed by atoms with van der Waals surface area (Å²) in [6.07, 6.45) is 6.22. The van der Waals surface area contributed by atoms with E-state index in [4.69, 9.17) is 6.42 Å². The molecular formula is C12H15N. The van der Waals surface area contributed by atoms with Gasteiger partial charge in [0.25, 0.3) is 0 Å². The highest BCUT2D eigenvalue weighted by Gasteiger charge is 1.91. The summed E-state index contributed by atoms with van der Waals surface area (Å²) in [4.78, 5) is 0. The lowest BCUT2D eigenvalue weighted by Gasteiger charge is -2.02. The third kappa shape index (κ3) is 3.31. The van der Waals surface area contributed by atoms with Gasteiger partial charge < -0.3 is 5.32 Å². The van der Waals surface area contributed by atoms with Gasteiger partial charge in [-0.15, -0.1) is 6.42 Å². The minimum atomic E-state index is 0.634. The number of hydrogen-bond donors (Lipinski definition) is 1. The van der Waals surface area contributed by atoms with Crippen molar-refractivity contribution in [3.05, 3.63) is 35.4 Å². The highest BCUT2D eigenvalue weighted by Crippen LogP contribution is 2.04. The molecule has 0 heterocycles. The molecule has 0 saturated carbocycles. The summed E-state index contributed by atoms with van der Waals surface area (Å²) in [5.41, 5.74) is 2.66. The molecular weight excluding hydrogens is 158 g/mol. The van der Waals surface area contributed by atoms with Crippen LogP contribution in [0, 0.1) is 12.3 Å². The van der Waals surface area contributed by atoms with Crippen LogP contribution in [0.25, 0.3) is 0 Å². The van der Waals surface area contributed by atoms with Crippen LogP contribution < -0.4 is 5.32 Å². The van der Waals surface area contributed by atoms with Gasteiger partial charge in [0.15, 0.2) is 0 Å². The van der Waals surface area contributed by atoms with Crippen molar-refractivity contribution in [1.29, 1.82) is 0 Å². The van der Waals surface area contributed by atoms with Crippen LogP contribution >= 0.6 is 0 Å². The van der Waals surface area contributed by atoms with Gasteiger partial charge in [0, 0.05) is 6.54 Å². The van der Waals surface area contributed by atoms with E-state index < -0.39 is 0 Å². The largest absolute Gasteiger partial charge is 0.302 e. The van der Waals surface area contributed by atoms with E-state index in [1.165, 1.54) is 11.1 Å². The van der Waals surface area contributed by atoms with E-state index in [-0.39, 0.29) is 0 Å². The normalized spacial score (nSPS) is 9.54. The Bertz CT molecular complexity index is 279. The molecule has 68 valence electrons. The third-order valence-corrected chi connectivity index (χ3v) is 1.99. The van der Waals surface area contributed by atoms with Crippen molar-refractivity contribution >= 4 is 0 Å². The summed E-state index contributed by atoms with van der Waals surface area (Å²) in [6.45, 7) is 3.65. The first kappa shape index (κ1) is 9.83. The Hall–Kier alpha value is -1.26. The fraction of sp³-hybridized carbons (Fsp3) is 0.333. The fourth-order valence-electron chi connectivity index (χ4n) is 1.17. The van der Waals surface area contributed by atoms with Crippen LogP contribution in [-0.4, -0.2) is 6.54 Å². The molecule has 1 N–H and O–H groups in total. The highest BCUT2D eigenvalue weighted by atomic mass is 14.8. The SMILES string of the molecule is C#CCNCc1ccc(CC)cc1. The van der Waals surface area contributed by atoms with Gasteiger partial charge in [0.2, 0.25) is 0 Å². The number of rotatable bonds is 4. The van der Waals surface area contributed by atoms with Crippen molar-refractivity contribution in [1.82, 2.24) is 5.32 Å². The van der Waals surface area contributed by atoms with Gasteiger partial charge in [-0.05, 0) is 17.5 Å². The van der Waals surface area contributed by atoms with Crippen LogP contribution in [0.2, 0.25) is 0 Å². The lowest BCUT2D eigenvalue weighted by atomic mass is 10.1. The molecule has 1 nitrogen and oxygen atoms in total. The molecule has 0 aromatic heterocycles. The average Bonchev–Trinajstić information content (AvgIpc) is 2.19. The number of benzene rings is 1. The lowest BCUT2D eigenvalue weighted by Crippen LogP contribution is -2.12. The van der Waals surface area contributed by atoms with Crippen LogP contribution in [-0.2, 0) is 13.0 Å². The maximum Gasteiger partial charge on any atom is 0.0576 e. The summed E-state index contributed by atoms with van der Waals surface area (Å²) in [6, 6.07) is 8.60. The summed E-state index contributed by atoms with van der Waals surface area (Å²) in [5, 5.41) is 3.15. The van der Waals surface area contributed by atoms with E-state index in [2.05, 4.69) is 42.4 Å². The number of nitrogens with one attached hydrogen (secondary N) is 1. The zero-order valence-electron chi connectivity index (χ0n) is 8.01. The zero-order valence-corrected chi connectivity index (χ0v) is 8.01. The molecule has 0 atom stereocenters. The van der Waals surface area contributed by atoms with Gasteiger partial charge in [-0.25, -0.2) is 0 Å². The molecule has 1 aromatic rings. The van der Waals surface area contributed by atoms with Crippen LogP contribution in [0.3, 0.4) is 0 Å². The van der Waals surface area contributed by atoms with Crippen LogP contribution in [0.15, 0.2) is 24.3 Å². The van der Waals surface area contributed by atoms with E-state index in [1.807, 2.05) is 0 Å². The van der Waals surface area contributed by atoms with E-state index in [9.17, 15) is 0 Å². The summed E-state index contributed by atoms with van der Waals surface area (Å²) >= 11 is 0.